The number of carbonyl (C=O) groups is 3. The molecule has 11 nitrogen and oxygen atoms in total. The van der Waals surface area contributed by atoms with Crippen molar-refractivity contribution in [2.24, 2.45) is 15.7 Å². The van der Waals surface area contributed by atoms with E-state index in [1.807, 2.05) is 0 Å². The molecule has 2 aliphatic carbocycles. The standard InChI is InChI=1S/C21H15N3O8/c1-9(25)21(32-24-30)7-6-10-12(8-21)18(23-29)15-16(17(10)22-28)20(27)14-11(19(15)26)4-3-5-13(14)31-2/h3-5H,6-8H2,1-2H3/t21-/m1/s1. The zero-order chi connectivity index (χ0) is 23.2. The smallest absolute Gasteiger partial charge is 0.202 e. The maximum Gasteiger partial charge on any atom is 0.202 e. The first-order chi connectivity index (χ1) is 15.3. The summed E-state index contributed by atoms with van der Waals surface area (Å²) in [7, 11) is 1.33. The molecule has 2 aromatic rings. The zero-order valence-corrected chi connectivity index (χ0v) is 17.0. The second kappa shape index (κ2) is 7.52. The molecule has 1 atom stereocenters. The van der Waals surface area contributed by atoms with Gasteiger partial charge >= 0.3 is 0 Å². The average Bonchev–Trinajstić information content (AvgIpc) is 2.80. The first kappa shape index (κ1) is 21.1. The van der Waals surface area contributed by atoms with Crippen LogP contribution in [-0.4, -0.2) is 30.1 Å². The third-order valence-corrected chi connectivity index (χ3v) is 6.11. The van der Waals surface area contributed by atoms with E-state index in [9.17, 15) is 29.1 Å². The summed E-state index contributed by atoms with van der Waals surface area (Å²) in [6, 6.07) is 4.39. The summed E-state index contributed by atoms with van der Waals surface area (Å²) in [5.74, 6) is -1.83. The highest BCUT2D eigenvalue weighted by Gasteiger charge is 2.47. The molecule has 0 unspecified atom stereocenters. The number of carbonyl (C=O) groups excluding carboxylic acids is 3. The van der Waals surface area contributed by atoms with Crippen LogP contribution < -0.4 is 4.74 Å². The Morgan fingerprint density at radius 1 is 0.969 bits per heavy atom. The molecule has 0 saturated heterocycles. The van der Waals surface area contributed by atoms with E-state index in [4.69, 9.17) is 9.57 Å². The van der Waals surface area contributed by atoms with Crippen molar-refractivity contribution in [3.63, 3.8) is 0 Å². The first-order valence-electron chi connectivity index (χ1n) is 9.51. The van der Waals surface area contributed by atoms with Crippen molar-refractivity contribution in [3.8, 4) is 5.75 Å². The van der Waals surface area contributed by atoms with Gasteiger partial charge in [0.15, 0.2) is 16.9 Å². The van der Waals surface area contributed by atoms with E-state index < -0.39 is 28.6 Å². The fraction of sp³-hybridized carbons (Fsp3) is 0.286. The van der Waals surface area contributed by atoms with E-state index in [1.54, 1.807) is 0 Å². The van der Waals surface area contributed by atoms with Crippen LogP contribution in [0.3, 0.4) is 0 Å². The summed E-state index contributed by atoms with van der Waals surface area (Å²) in [6.45, 7) is 1.19. The lowest BCUT2D eigenvalue weighted by molar-refractivity contribution is -0.144. The predicted molar refractivity (Wildman–Crippen MR) is 110 cm³/mol. The van der Waals surface area contributed by atoms with Crippen LogP contribution in [0.1, 0.15) is 56.3 Å². The number of benzene rings is 2. The summed E-state index contributed by atoms with van der Waals surface area (Å²) >= 11 is 0. The molecule has 2 aromatic carbocycles. The maximum absolute atomic E-state index is 13.4. The van der Waals surface area contributed by atoms with Gasteiger partial charge in [0.2, 0.25) is 11.4 Å². The van der Waals surface area contributed by atoms with Crippen molar-refractivity contribution in [3.05, 3.63) is 66.3 Å². The minimum atomic E-state index is -1.69. The number of ether oxygens (including phenoxy) is 1. The van der Waals surface area contributed by atoms with Gasteiger partial charge in [0.1, 0.15) is 17.1 Å². The van der Waals surface area contributed by atoms with Crippen LogP contribution in [0, 0.1) is 14.7 Å². The van der Waals surface area contributed by atoms with Crippen molar-refractivity contribution < 1.29 is 24.0 Å². The van der Waals surface area contributed by atoms with E-state index >= 15 is 0 Å². The monoisotopic (exact) mass is 437 g/mol. The molecule has 0 spiro atoms. The highest BCUT2D eigenvalue weighted by Crippen LogP contribution is 2.49. The zero-order valence-electron chi connectivity index (χ0n) is 17.0. The molecule has 0 heterocycles. The van der Waals surface area contributed by atoms with Gasteiger partial charge in [-0.05, 0) is 40.9 Å². The largest absolute Gasteiger partial charge is 0.496 e. The van der Waals surface area contributed by atoms with Gasteiger partial charge in [-0.2, -0.15) is 0 Å². The lowest BCUT2D eigenvalue weighted by Gasteiger charge is -2.34. The number of rotatable bonds is 6. The fourth-order valence-corrected chi connectivity index (χ4v) is 4.53. The Balaban J connectivity index is 2.07. The normalized spacial score (nSPS) is 18.7. The molecule has 11 heteroatoms. The van der Waals surface area contributed by atoms with E-state index in [0.717, 1.165) is 0 Å². The number of hydrogen-bond acceptors (Lipinski definition) is 11. The number of nitroso groups, excluding NO2 is 2. The van der Waals surface area contributed by atoms with E-state index in [1.165, 1.54) is 32.2 Å². The van der Waals surface area contributed by atoms with E-state index in [-0.39, 0.29) is 64.1 Å². The van der Waals surface area contributed by atoms with Gasteiger partial charge in [-0.15, -0.1) is 14.7 Å². The molecule has 0 bridgehead atoms. The van der Waals surface area contributed by atoms with Crippen molar-refractivity contribution in [1.82, 2.24) is 0 Å². The van der Waals surface area contributed by atoms with Crippen molar-refractivity contribution in [2.75, 3.05) is 7.11 Å². The predicted octanol–water partition coefficient (Wildman–Crippen LogP) is 3.78. The van der Waals surface area contributed by atoms with Crippen LogP contribution in [-0.2, 0) is 22.5 Å². The quantitative estimate of drug-likeness (QED) is 0.416. The Kier molecular flexibility index (Phi) is 4.96. The third kappa shape index (κ3) is 2.70. The number of nitrogens with zero attached hydrogens (tertiary/aromatic N) is 3. The van der Waals surface area contributed by atoms with Crippen LogP contribution in [0.25, 0.3) is 0 Å². The summed E-state index contributed by atoms with van der Waals surface area (Å²) < 4.78 is 5.21. The Morgan fingerprint density at radius 3 is 2.22 bits per heavy atom. The van der Waals surface area contributed by atoms with Gasteiger partial charge in [-0.25, -0.2) is 0 Å². The molecule has 0 aliphatic heterocycles. The van der Waals surface area contributed by atoms with Gasteiger partial charge in [0.25, 0.3) is 0 Å². The second-order valence-corrected chi connectivity index (χ2v) is 7.52. The molecule has 0 aromatic heterocycles. The van der Waals surface area contributed by atoms with E-state index in [0.29, 0.717) is 0 Å². The number of hydrogen-bond donors (Lipinski definition) is 0. The van der Waals surface area contributed by atoms with Crippen LogP contribution in [0.5, 0.6) is 5.75 Å². The van der Waals surface area contributed by atoms with Crippen molar-refractivity contribution >= 4 is 28.7 Å². The summed E-state index contributed by atoms with van der Waals surface area (Å²) in [5, 5.41) is 8.38. The third-order valence-electron chi connectivity index (χ3n) is 6.11. The highest BCUT2D eigenvalue weighted by atomic mass is 16.7. The minimum Gasteiger partial charge on any atom is -0.496 e. The van der Waals surface area contributed by atoms with Crippen LogP contribution in [0.4, 0.5) is 11.4 Å². The summed E-state index contributed by atoms with van der Waals surface area (Å²) in [4.78, 5) is 78.5. The fourth-order valence-electron chi connectivity index (χ4n) is 4.53. The lowest BCUT2D eigenvalue weighted by atomic mass is 9.72. The SMILES string of the molecule is COc1cccc2c1C(=O)c1c(N=O)c3c(c(N=O)c1C2=O)C[C@@](ON=O)(C(C)=O)CC3. The number of ketones is 3. The Bertz CT molecular complexity index is 1250. The Hall–Kier alpha value is -4.15. The summed E-state index contributed by atoms with van der Waals surface area (Å²) in [5.41, 5.74) is -2.93. The van der Waals surface area contributed by atoms with Gasteiger partial charge < -0.3 is 9.57 Å². The molecule has 162 valence electrons. The Morgan fingerprint density at radius 2 is 1.62 bits per heavy atom. The number of methoxy groups -OCH3 is 1. The molecule has 0 amide bonds. The van der Waals surface area contributed by atoms with Crippen LogP contribution in [0.15, 0.2) is 33.9 Å². The molecule has 32 heavy (non-hydrogen) atoms. The molecule has 0 saturated carbocycles. The van der Waals surface area contributed by atoms with Crippen molar-refractivity contribution in [1.29, 1.82) is 0 Å². The molecule has 2 aliphatic rings. The van der Waals surface area contributed by atoms with Gasteiger partial charge in [-0.1, -0.05) is 12.1 Å². The van der Waals surface area contributed by atoms with Gasteiger partial charge in [0.05, 0.1) is 23.8 Å². The molecular weight excluding hydrogens is 422 g/mol. The van der Waals surface area contributed by atoms with Crippen molar-refractivity contribution in [2.45, 2.75) is 31.8 Å². The number of Topliss-reactive ketones (excluding diaryl/α,β-unsaturated/α-hetero) is 1. The lowest BCUT2D eigenvalue weighted by Crippen LogP contribution is -2.44. The van der Waals surface area contributed by atoms with Crippen LogP contribution in [0.2, 0.25) is 0 Å². The average molecular weight is 437 g/mol. The summed E-state index contributed by atoms with van der Waals surface area (Å²) in [6.07, 6.45) is -0.434. The number of fused-ring (bicyclic) bond motifs is 3. The second-order valence-electron chi connectivity index (χ2n) is 7.52. The molecule has 0 N–H and O–H groups in total. The first-order valence-corrected chi connectivity index (χ1v) is 9.51. The molecule has 4 rings (SSSR count). The minimum absolute atomic E-state index is 0.0250. The maximum atomic E-state index is 13.4. The van der Waals surface area contributed by atoms with E-state index in [2.05, 4.69) is 15.7 Å². The van der Waals surface area contributed by atoms with Gasteiger partial charge in [0, 0.05) is 18.4 Å². The topological polar surface area (TPSA) is 158 Å². The van der Waals surface area contributed by atoms with Gasteiger partial charge in [-0.3, -0.25) is 14.4 Å². The Labute approximate surface area is 180 Å². The molecule has 0 fully saturated rings. The molecule has 0 radical (unpaired) electrons. The van der Waals surface area contributed by atoms with Crippen LogP contribution >= 0.6 is 0 Å². The molecular formula is C21H15N3O8. The highest BCUT2D eigenvalue weighted by molar-refractivity contribution is 6.32.